The van der Waals surface area contributed by atoms with Crippen LogP contribution in [0.15, 0.2) is 37.2 Å². The molecule has 2 aromatic heterocycles. The highest BCUT2D eigenvalue weighted by Gasteiger charge is 2.43. The number of aromatic nitrogens is 5. The maximum absolute atomic E-state index is 14.7. The zero-order valence-electron chi connectivity index (χ0n) is 20.2. The van der Waals surface area contributed by atoms with Gasteiger partial charge in [-0.2, -0.15) is 5.10 Å². The van der Waals surface area contributed by atoms with Gasteiger partial charge in [0, 0.05) is 18.9 Å². The molecular weight excluding hydrogens is 471 g/mol. The summed E-state index contributed by atoms with van der Waals surface area (Å²) in [6.07, 6.45) is 4.60. The number of amides is 1. The van der Waals surface area contributed by atoms with E-state index in [1.807, 2.05) is 13.8 Å². The summed E-state index contributed by atoms with van der Waals surface area (Å²) in [6, 6.07) is 4.17. The Morgan fingerprint density at radius 1 is 1.14 bits per heavy atom. The number of halogens is 1. The van der Waals surface area contributed by atoms with E-state index in [1.54, 1.807) is 17.9 Å². The van der Waals surface area contributed by atoms with Crippen LogP contribution in [-0.4, -0.2) is 73.2 Å². The van der Waals surface area contributed by atoms with Gasteiger partial charge in [-0.3, -0.25) is 4.90 Å². The molecule has 3 aromatic rings. The van der Waals surface area contributed by atoms with E-state index in [9.17, 15) is 9.18 Å². The summed E-state index contributed by atoms with van der Waals surface area (Å²) >= 11 is 0. The minimum absolute atomic E-state index is 0.00951. The molecule has 1 aromatic carbocycles. The second kappa shape index (κ2) is 10.1. The van der Waals surface area contributed by atoms with Crippen LogP contribution in [0, 0.1) is 12.7 Å². The topological polar surface area (TPSA) is 114 Å². The van der Waals surface area contributed by atoms with E-state index in [1.165, 1.54) is 35.8 Å². The van der Waals surface area contributed by atoms with E-state index in [0.717, 1.165) is 0 Å². The van der Waals surface area contributed by atoms with Gasteiger partial charge in [0.1, 0.15) is 25.1 Å². The molecule has 2 atom stereocenters. The molecule has 4 heterocycles. The SMILES string of the molecule is Cc1c(Oc2ccc(-n3cncn3)cc2F)ncnc1OC1CC2COCC(C1)N2C(=O)OC(C)C. The Morgan fingerprint density at radius 2 is 1.89 bits per heavy atom. The Hall–Kier alpha value is -3.80. The summed E-state index contributed by atoms with van der Waals surface area (Å²) in [5.74, 6) is -0.0250. The fourth-order valence-corrected chi connectivity index (χ4v) is 4.48. The predicted molar refractivity (Wildman–Crippen MR) is 124 cm³/mol. The van der Waals surface area contributed by atoms with Gasteiger partial charge < -0.3 is 18.9 Å². The van der Waals surface area contributed by atoms with Gasteiger partial charge >= 0.3 is 6.09 Å². The van der Waals surface area contributed by atoms with Crippen LogP contribution in [-0.2, 0) is 9.47 Å². The van der Waals surface area contributed by atoms with Gasteiger partial charge in [-0.15, -0.1) is 0 Å². The third-order valence-corrected chi connectivity index (χ3v) is 6.10. The van der Waals surface area contributed by atoms with Crippen LogP contribution >= 0.6 is 0 Å². The molecule has 12 heteroatoms. The Balaban J connectivity index is 1.28. The number of hydrogen-bond donors (Lipinski definition) is 0. The number of fused-ring (bicyclic) bond motifs is 2. The number of piperidine rings is 1. The molecule has 0 spiro atoms. The number of ether oxygens (including phenoxy) is 4. The molecule has 2 bridgehead atoms. The average molecular weight is 499 g/mol. The third kappa shape index (κ3) is 4.94. The number of carbonyl (C=O) groups excluding carboxylic acids is 1. The van der Waals surface area contributed by atoms with E-state index in [4.69, 9.17) is 18.9 Å². The lowest BCUT2D eigenvalue weighted by Crippen LogP contribution is -2.61. The minimum Gasteiger partial charge on any atom is -0.474 e. The number of benzene rings is 1. The van der Waals surface area contributed by atoms with Crippen LogP contribution < -0.4 is 9.47 Å². The molecule has 5 rings (SSSR count). The normalized spacial score (nSPS) is 21.4. The highest BCUT2D eigenvalue weighted by atomic mass is 19.1. The summed E-state index contributed by atoms with van der Waals surface area (Å²) in [7, 11) is 0. The largest absolute Gasteiger partial charge is 0.474 e. The Morgan fingerprint density at radius 3 is 2.56 bits per heavy atom. The molecule has 36 heavy (non-hydrogen) atoms. The lowest BCUT2D eigenvalue weighted by Gasteiger charge is -2.47. The maximum atomic E-state index is 14.7. The standard InChI is InChI=1S/C24H27FN6O5/c1-14(2)34-24(32)31-17-6-19(7-18(31)10-33-9-17)35-22-15(3)23(28-12-27-22)36-21-5-4-16(8-20(21)25)30-13-26-11-29-30/h4-5,8,11-14,17-19H,6-7,9-10H2,1-3H3. The molecule has 0 N–H and O–H groups in total. The predicted octanol–water partition coefficient (Wildman–Crippen LogP) is 3.45. The van der Waals surface area contributed by atoms with Crippen molar-refractivity contribution < 1.29 is 28.1 Å². The number of carbonyl (C=O) groups is 1. The summed E-state index contributed by atoms with van der Waals surface area (Å²) in [5.41, 5.74) is 1.05. The summed E-state index contributed by atoms with van der Waals surface area (Å²) < 4.78 is 39.3. The van der Waals surface area contributed by atoms with E-state index in [2.05, 4.69) is 20.1 Å². The molecule has 1 amide bonds. The zero-order chi connectivity index (χ0) is 25.2. The molecule has 2 saturated heterocycles. The van der Waals surface area contributed by atoms with Gasteiger partial charge in [0.25, 0.3) is 0 Å². The first kappa shape index (κ1) is 23.9. The summed E-state index contributed by atoms with van der Waals surface area (Å²) in [4.78, 5) is 26.7. The van der Waals surface area contributed by atoms with Crippen molar-refractivity contribution in [3.63, 3.8) is 0 Å². The van der Waals surface area contributed by atoms with E-state index >= 15 is 0 Å². The Bertz CT molecular complexity index is 1210. The molecule has 2 unspecified atom stereocenters. The molecular formula is C24H27FN6O5. The first-order chi connectivity index (χ1) is 17.4. The summed E-state index contributed by atoms with van der Waals surface area (Å²) in [6.45, 7) is 6.25. The molecule has 2 fully saturated rings. The van der Waals surface area contributed by atoms with Crippen LogP contribution in [0.4, 0.5) is 9.18 Å². The van der Waals surface area contributed by atoms with Gasteiger partial charge in [0.15, 0.2) is 11.6 Å². The molecule has 190 valence electrons. The van der Waals surface area contributed by atoms with Crippen LogP contribution in [0.2, 0.25) is 0 Å². The number of nitrogens with zero attached hydrogens (tertiary/aromatic N) is 6. The van der Waals surface area contributed by atoms with Gasteiger partial charge in [0.2, 0.25) is 11.8 Å². The van der Waals surface area contributed by atoms with Crippen molar-refractivity contribution in [3.8, 4) is 23.2 Å². The first-order valence-corrected chi connectivity index (χ1v) is 11.8. The second-order valence-corrected chi connectivity index (χ2v) is 9.06. The van der Waals surface area contributed by atoms with E-state index < -0.39 is 5.82 Å². The smallest absolute Gasteiger partial charge is 0.410 e. The molecule has 2 aliphatic heterocycles. The van der Waals surface area contributed by atoms with Crippen molar-refractivity contribution in [1.29, 1.82) is 0 Å². The number of hydrogen-bond acceptors (Lipinski definition) is 9. The van der Waals surface area contributed by atoms with E-state index in [-0.39, 0.29) is 42.0 Å². The van der Waals surface area contributed by atoms with E-state index in [0.29, 0.717) is 43.2 Å². The van der Waals surface area contributed by atoms with Crippen molar-refractivity contribution in [2.24, 2.45) is 0 Å². The minimum atomic E-state index is -0.572. The van der Waals surface area contributed by atoms with Gasteiger partial charge in [-0.1, -0.05) is 0 Å². The van der Waals surface area contributed by atoms with Crippen LogP contribution in [0.5, 0.6) is 17.5 Å². The van der Waals surface area contributed by atoms with Crippen LogP contribution in [0.1, 0.15) is 32.3 Å². The fraction of sp³-hybridized carbons (Fsp3) is 0.458. The third-order valence-electron chi connectivity index (χ3n) is 6.10. The maximum Gasteiger partial charge on any atom is 0.410 e. The monoisotopic (exact) mass is 498 g/mol. The number of morpholine rings is 1. The Kier molecular flexibility index (Phi) is 6.68. The highest BCUT2D eigenvalue weighted by molar-refractivity contribution is 5.69. The first-order valence-electron chi connectivity index (χ1n) is 11.8. The van der Waals surface area contributed by atoms with Crippen molar-refractivity contribution in [1.82, 2.24) is 29.6 Å². The fourth-order valence-electron chi connectivity index (χ4n) is 4.48. The molecule has 0 saturated carbocycles. The van der Waals surface area contributed by atoms with Crippen molar-refractivity contribution in [2.75, 3.05) is 13.2 Å². The second-order valence-electron chi connectivity index (χ2n) is 9.06. The van der Waals surface area contributed by atoms with Crippen molar-refractivity contribution in [3.05, 3.63) is 48.6 Å². The molecule has 0 aliphatic carbocycles. The molecule has 0 radical (unpaired) electrons. The highest BCUT2D eigenvalue weighted by Crippen LogP contribution is 2.34. The van der Waals surface area contributed by atoms with Gasteiger partial charge in [0.05, 0.1) is 42.7 Å². The number of rotatable bonds is 6. The lowest BCUT2D eigenvalue weighted by molar-refractivity contribution is -0.0934. The van der Waals surface area contributed by atoms with Gasteiger partial charge in [-0.05, 0) is 32.9 Å². The van der Waals surface area contributed by atoms with Crippen molar-refractivity contribution >= 4 is 6.09 Å². The average Bonchev–Trinajstić information content (AvgIpc) is 3.37. The summed E-state index contributed by atoms with van der Waals surface area (Å²) in [5, 5.41) is 3.99. The van der Waals surface area contributed by atoms with Crippen LogP contribution in [0.25, 0.3) is 5.69 Å². The van der Waals surface area contributed by atoms with Gasteiger partial charge in [-0.25, -0.2) is 28.8 Å². The molecule has 2 aliphatic rings. The van der Waals surface area contributed by atoms with Crippen LogP contribution in [0.3, 0.4) is 0 Å². The lowest BCUT2D eigenvalue weighted by atomic mass is 9.92. The van der Waals surface area contributed by atoms with Crippen molar-refractivity contribution in [2.45, 2.75) is 57.9 Å². The Labute approximate surface area is 207 Å². The molecule has 11 nitrogen and oxygen atoms in total. The zero-order valence-corrected chi connectivity index (χ0v) is 20.2. The quantitative estimate of drug-likeness (QED) is 0.504.